The van der Waals surface area contributed by atoms with Crippen LogP contribution in [0.15, 0.2) is 10.9 Å². The summed E-state index contributed by atoms with van der Waals surface area (Å²) in [5.74, 6) is -0.0331. The van der Waals surface area contributed by atoms with E-state index in [2.05, 4.69) is 29.0 Å². The number of hydrogen-bond donors (Lipinski definition) is 1. The van der Waals surface area contributed by atoms with Crippen molar-refractivity contribution < 1.29 is 4.79 Å². The number of aromatic nitrogens is 1. The first-order valence-corrected chi connectivity index (χ1v) is 7.04. The van der Waals surface area contributed by atoms with Crippen LogP contribution in [0.5, 0.6) is 0 Å². The Bertz CT molecular complexity index is 356. The minimum Gasteiger partial charge on any atom is -0.348 e. The Hall–Kier alpha value is -0.940. The fraction of sp³-hybridized carbons (Fsp3) is 0.667. The van der Waals surface area contributed by atoms with Crippen molar-refractivity contribution in [3.63, 3.8) is 0 Å². The van der Waals surface area contributed by atoms with E-state index in [-0.39, 0.29) is 5.91 Å². The maximum atomic E-state index is 11.8. The Morgan fingerprint density at radius 1 is 1.53 bits per heavy atom. The van der Waals surface area contributed by atoms with E-state index >= 15 is 0 Å². The first kappa shape index (κ1) is 12.5. The monoisotopic (exact) mass is 253 g/mol. The van der Waals surface area contributed by atoms with Crippen molar-refractivity contribution in [2.45, 2.75) is 38.8 Å². The molecule has 2 heterocycles. The third kappa shape index (κ3) is 3.26. The van der Waals surface area contributed by atoms with Crippen LogP contribution in [0.2, 0.25) is 0 Å². The third-order valence-electron chi connectivity index (χ3n) is 3.26. The van der Waals surface area contributed by atoms with Crippen molar-refractivity contribution in [1.82, 2.24) is 15.2 Å². The molecule has 4 nitrogen and oxygen atoms in total. The summed E-state index contributed by atoms with van der Waals surface area (Å²) in [6.45, 7) is 6.57. The van der Waals surface area contributed by atoms with Crippen LogP contribution in [0.1, 0.15) is 37.2 Å². The van der Waals surface area contributed by atoms with Crippen LogP contribution in [0, 0.1) is 0 Å². The minimum atomic E-state index is -0.0331. The van der Waals surface area contributed by atoms with Crippen LogP contribution in [0.4, 0.5) is 0 Å². The van der Waals surface area contributed by atoms with Gasteiger partial charge >= 0.3 is 0 Å². The molecule has 1 amide bonds. The number of nitrogens with zero attached hydrogens (tertiary/aromatic N) is 2. The normalized spacial score (nSPS) is 18.5. The number of hydrogen-bond acceptors (Lipinski definition) is 4. The summed E-state index contributed by atoms with van der Waals surface area (Å²) in [5, 5.41) is 4.85. The molecule has 0 atom stereocenters. The molecule has 1 aliphatic rings. The molecule has 1 aromatic heterocycles. The molecule has 0 aromatic carbocycles. The minimum absolute atomic E-state index is 0.0331. The van der Waals surface area contributed by atoms with Crippen LogP contribution in [-0.4, -0.2) is 41.0 Å². The van der Waals surface area contributed by atoms with E-state index in [0.29, 0.717) is 17.8 Å². The highest BCUT2D eigenvalue weighted by Crippen LogP contribution is 2.13. The summed E-state index contributed by atoms with van der Waals surface area (Å²) < 4.78 is 0. The van der Waals surface area contributed by atoms with Crippen LogP contribution < -0.4 is 5.32 Å². The summed E-state index contributed by atoms with van der Waals surface area (Å²) in [6.07, 6.45) is 2.07. The quantitative estimate of drug-likeness (QED) is 0.892. The van der Waals surface area contributed by atoms with Gasteiger partial charge in [0.2, 0.25) is 0 Å². The molecular formula is C12H19N3OS. The lowest BCUT2D eigenvalue weighted by Gasteiger charge is -2.34. The summed E-state index contributed by atoms with van der Waals surface area (Å²) >= 11 is 1.45. The molecule has 0 aliphatic carbocycles. The topological polar surface area (TPSA) is 45.2 Å². The molecule has 1 saturated heterocycles. The van der Waals surface area contributed by atoms with E-state index < -0.39 is 0 Å². The molecule has 0 unspecified atom stereocenters. The van der Waals surface area contributed by atoms with Crippen molar-refractivity contribution in [3.05, 3.63) is 16.6 Å². The zero-order chi connectivity index (χ0) is 12.3. The SMILES string of the molecule is CC(C)N1CCC(NC(=O)c2cscn2)CC1. The van der Waals surface area contributed by atoms with Crippen LogP contribution in [0.3, 0.4) is 0 Å². The van der Waals surface area contributed by atoms with Gasteiger partial charge in [-0.15, -0.1) is 11.3 Å². The molecule has 1 aromatic rings. The number of thiazole rings is 1. The molecule has 5 heteroatoms. The van der Waals surface area contributed by atoms with Crippen molar-refractivity contribution in [3.8, 4) is 0 Å². The second kappa shape index (κ2) is 5.60. The molecular weight excluding hydrogens is 234 g/mol. The number of carbonyl (C=O) groups excluding carboxylic acids is 1. The average molecular weight is 253 g/mol. The highest BCUT2D eigenvalue weighted by Gasteiger charge is 2.22. The van der Waals surface area contributed by atoms with Gasteiger partial charge in [-0.25, -0.2) is 4.98 Å². The van der Waals surface area contributed by atoms with Gasteiger partial charge in [0.25, 0.3) is 5.91 Å². The van der Waals surface area contributed by atoms with Gasteiger partial charge in [0.05, 0.1) is 5.51 Å². The van der Waals surface area contributed by atoms with Gasteiger partial charge in [0, 0.05) is 30.6 Å². The van der Waals surface area contributed by atoms with E-state index in [4.69, 9.17) is 0 Å². The maximum absolute atomic E-state index is 11.8. The summed E-state index contributed by atoms with van der Waals surface area (Å²) in [4.78, 5) is 18.3. The molecule has 0 spiro atoms. The molecule has 0 saturated carbocycles. The smallest absolute Gasteiger partial charge is 0.270 e. The lowest BCUT2D eigenvalue weighted by molar-refractivity contribution is 0.0896. The zero-order valence-corrected chi connectivity index (χ0v) is 11.2. The van der Waals surface area contributed by atoms with Crippen molar-refractivity contribution in [2.75, 3.05) is 13.1 Å². The van der Waals surface area contributed by atoms with Gasteiger partial charge in [-0.05, 0) is 26.7 Å². The van der Waals surface area contributed by atoms with Crippen LogP contribution >= 0.6 is 11.3 Å². The van der Waals surface area contributed by atoms with Gasteiger partial charge in [-0.2, -0.15) is 0 Å². The van der Waals surface area contributed by atoms with E-state index in [1.807, 2.05) is 0 Å². The number of carbonyl (C=O) groups is 1. The molecule has 0 radical (unpaired) electrons. The van der Waals surface area contributed by atoms with Crippen molar-refractivity contribution in [2.24, 2.45) is 0 Å². The summed E-state index contributed by atoms with van der Waals surface area (Å²) in [5.41, 5.74) is 2.23. The lowest BCUT2D eigenvalue weighted by Crippen LogP contribution is -2.46. The Balaban J connectivity index is 1.80. The number of amides is 1. The average Bonchev–Trinajstić information content (AvgIpc) is 2.83. The third-order valence-corrected chi connectivity index (χ3v) is 3.85. The van der Waals surface area contributed by atoms with E-state index in [1.165, 1.54) is 11.3 Å². The van der Waals surface area contributed by atoms with Gasteiger partial charge in [0.15, 0.2) is 0 Å². The van der Waals surface area contributed by atoms with E-state index in [1.54, 1.807) is 10.9 Å². The number of nitrogens with one attached hydrogen (secondary N) is 1. The number of piperidine rings is 1. The van der Waals surface area contributed by atoms with Gasteiger partial charge in [-0.1, -0.05) is 0 Å². The van der Waals surface area contributed by atoms with Crippen molar-refractivity contribution in [1.29, 1.82) is 0 Å². The first-order valence-electron chi connectivity index (χ1n) is 6.10. The molecule has 2 rings (SSSR count). The van der Waals surface area contributed by atoms with Crippen LogP contribution in [-0.2, 0) is 0 Å². The van der Waals surface area contributed by atoms with Gasteiger partial charge in [-0.3, -0.25) is 4.79 Å². The number of likely N-dealkylation sites (tertiary alicyclic amines) is 1. The largest absolute Gasteiger partial charge is 0.348 e. The molecule has 1 aliphatic heterocycles. The van der Waals surface area contributed by atoms with Gasteiger partial charge in [0.1, 0.15) is 5.69 Å². The van der Waals surface area contributed by atoms with Crippen LogP contribution in [0.25, 0.3) is 0 Å². The fourth-order valence-corrected chi connectivity index (χ4v) is 2.68. The summed E-state index contributed by atoms with van der Waals surface area (Å²) in [7, 11) is 0. The van der Waals surface area contributed by atoms with E-state index in [0.717, 1.165) is 25.9 Å². The highest BCUT2D eigenvalue weighted by molar-refractivity contribution is 7.07. The Morgan fingerprint density at radius 2 is 2.24 bits per heavy atom. The predicted molar refractivity (Wildman–Crippen MR) is 69.3 cm³/mol. The Labute approximate surface area is 106 Å². The molecule has 0 bridgehead atoms. The maximum Gasteiger partial charge on any atom is 0.270 e. The standard InChI is InChI=1S/C12H19N3OS/c1-9(2)15-5-3-10(4-6-15)14-12(16)11-7-17-8-13-11/h7-10H,3-6H2,1-2H3,(H,14,16). The molecule has 1 N–H and O–H groups in total. The molecule has 1 fully saturated rings. The van der Waals surface area contributed by atoms with Gasteiger partial charge < -0.3 is 10.2 Å². The lowest BCUT2D eigenvalue weighted by atomic mass is 10.0. The van der Waals surface area contributed by atoms with E-state index in [9.17, 15) is 4.79 Å². The summed E-state index contributed by atoms with van der Waals surface area (Å²) in [6, 6.07) is 0.907. The second-order valence-electron chi connectivity index (χ2n) is 4.75. The Morgan fingerprint density at radius 3 is 2.76 bits per heavy atom. The molecule has 94 valence electrons. The zero-order valence-electron chi connectivity index (χ0n) is 10.3. The molecule has 17 heavy (non-hydrogen) atoms. The number of rotatable bonds is 3. The highest BCUT2D eigenvalue weighted by atomic mass is 32.1. The first-order chi connectivity index (χ1) is 8.16. The van der Waals surface area contributed by atoms with Crippen molar-refractivity contribution >= 4 is 17.2 Å². The predicted octanol–water partition coefficient (Wildman–Crippen LogP) is 1.75. The second-order valence-corrected chi connectivity index (χ2v) is 5.47. The Kier molecular flexibility index (Phi) is 4.12. The fourth-order valence-electron chi connectivity index (χ4n) is 2.14.